The van der Waals surface area contributed by atoms with E-state index in [9.17, 15) is 4.79 Å². The van der Waals surface area contributed by atoms with Crippen LogP contribution in [0.3, 0.4) is 0 Å². The summed E-state index contributed by atoms with van der Waals surface area (Å²) in [5.41, 5.74) is 1.02. The number of carbonyl (C=O) groups excluding carboxylic acids is 1. The minimum absolute atomic E-state index is 0.347. The highest BCUT2D eigenvalue weighted by Crippen LogP contribution is 2.38. The van der Waals surface area contributed by atoms with Crippen molar-refractivity contribution in [3.8, 4) is 0 Å². The lowest BCUT2D eigenvalue weighted by Crippen LogP contribution is -2.16. The van der Waals surface area contributed by atoms with Crippen molar-refractivity contribution >= 4 is 5.97 Å². The topological polar surface area (TPSA) is 44.1 Å². The molecule has 1 fully saturated rings. The molecule has 0 aliphatic heterocycles. The maximum absolute atomic E-state index is 10.5. The zero-order valence-corrected chi connectivity index (χ0v) is 6.86. The molecule has 1 aliphatic carbocycles. The maximum atomic E-state index is 10.5. The van der Waals surface area contributed by atoms with Crippen molar-refractivity contribution in [3.63, 3.8) is 0 Å². The highest BCUT2D eigenvalue weighted by atomic mass is 16.7. The van der Waals surface area contributed by atoms with Gasteiger partial charge in [-0.25, -0.2) is 4.79 Å². The number of aromatic nitrogens is 2. The molecular weight excluding hydrogens is 156 g/mol. The summed E-state index contributed by atoms with van der Waals surface area (Å²) in [5, 5.41) is 4.09. The second-order valence-corrected chi connectivity index (χ2v) is 3.00. The van der Waals surface area contributed by atoms with Gasteiger partial charge >= 0.3 is 5.97 Å². The van der Waals surface area contributed by atoms with Gasteiger partial charge in [-0.3, -0.25) is 0 Å². The first-order chi connectivity index (χ1) is 5.75. The van der Waals surface area contributed by atoms with Crippen LogP contribution in [0.2, 0.25) is 0 Å². The molecule has 0 unspecified atom stereocenters. The molecule has 1 aromatic heterocycles. The Hall–Kier alpha value is -1.32. The molecular formula is C8H10N2O2. The third kappa shape index (κ3) is 1.47. The summed E-state index contributed by atoms with van der Waals surface area (Å²) in [7, 11) is 0. The van der Waals surface area contributed by atoms with E-state index < -0.39 is 0 Å². The molecule has 4 heteroatoms. The summed E-state index contributed by atoms with van der Waals surface area (Å²) in [6.45, 7) is 1.36. The monoisotopic (exact) mass is 166 g/mol. The van der Waals surface area contributed by atoms with E-state index in [0.717, 1.165) is 5.69 Å². The summed E-state index contributed by atoms with van der Waals surface area (Å²) in [4.78, 5) is 16.5. The lowest BCUT2D eigenvalue weighted by Gasteiger charge is -1.96. The molecule has 4 nitrogen and oxygen atoms in total. The van der Waals surface area contributed by atoms with Gasteiger partial charge in [0.1, 0.15) is 0 Å². The third-order valence-corrected chi connectivity index (χ3v) is 1.80. The summed E-state index contributed by atoms with van der Waals surface area (Å²) < 4.78 is 0. The molecule has 1 aromatic rings. The minimum atomic E-state index is -0.347. The Kier molecular flexibility index (Phi) is 1.60. The number of hydrogen-bond donors (Lipinski definition) is 0. The van der Waals surface area contributed by atoms with E-state index in [2.05, 4.69) is 5.10 Å². The average Bonchev–Trinajstić information content (AvgIpc) is 2.73. The van der Waals surface area contributed by atoms with Crippen molar-refractivity contribution in [2.24, 2.45) is 0 Å². The van der Waals surface area contributed by atoms with Crippen LogP contribution in [0.1, 0.15) is 31.4 Å². The summed E-state index contributed by atoms with van der Waals surface area (Å²) in [6.07, 6.45) is 4.07. The van der Waals surface area contributed by atoms with E-state index in [4.69, 9.17) is 4.84 Å². The standard InChI is InChI=1S/C8H10N2O2/c1-6(11)12-10-5-4-8(9-10)7-2-3-7/h4-5,7H,2-3H2,1H3. The zero-order chi connectivity index (χ0) is 8.55. The van der Waals surface area contributed by atoms with Crippen molar-refractivity contribution in [1.29, 1.82) is 0 Å². The van der Waals surface area contributed by atoms with Crippen LogP contribution in [0.4, 0.5) is 0 Å². The van der Waals surface area contributed by atoms with E-state index in [-0.39, 0.29) is 5.97 Å². The predicted octanol–water partition coefficient (Wildman–Crippen LogP) is 0.736. The van der Waals surface area contributed by atoms with Crippen LogP contribution in [0, 0.1) is 0 Å². The summed E-state index contributed by atoms with van der Waals surface area (Å²) in [6, 6.07) is 1.89. The van der Waals surface area contributed by atoms with Gasteiger partial charge in [0.05, 0.1) is 11.9 Å². The van der Waals surface area contributed by atoms with Gasteiger partial charge < -0.3 is 4.84 Å². The predicted molar refractivity (Wildman–Crippen MR) is 41.5 cm³/mol. The number of nitrogens with zero attached hydrogens (tertiary/aromatic N) is 2. The molecule has 0 N–H and O–H groups in total. The first-order valence-electron chi connectivity index (χ1n) is 4.00. The summed E-state index contributed by atoms with van der Waals surface area (Å²) >= 11 is 0. The molecule has 0 amide bonds. The first kappa shape index (κ1) is 7.34. The highest BCUT2D eigenvalue weighted by Gasteiger charge is 2.26. The van der Waals surface area contributed by atoms with Crippen LogP contribution in [-0.4, -0.2) is 15.9 Å². The molecule has 2 rings (SSSR count). The maximum Gasteiger partial charge on any atom is 0.331 e. The van der Waals surface area contributed by atoms with Crippen LogP contribution in [0.5, 0.6) is 0 Å². The number of hydrogen-bond acceptors (Lipinski definition) is 3. The van der Waals surface area contributed by atoms with Crippen LogP contribution in [0.15, 0.2) is 12.3 Å². The number of rotatable bonds is 2. The molecule has 12 heavy (non-hydrogen) atoms. The molecule has 0 aromatic carbocycles. The fourth-order valence-corrected chi connectivity index (χ4v) is 1.10. The lowest BCUT2D eigenvalue weighted by atomic mass is 10.3. The van der Waals surface area contributed by atoms with Crippen LogP contribution in [0.25, 0.3) is 0 Å². The molecule has 0 saturated heterocycles. The second kappa shape index (κ2) is 2.62. The molecule has 1 heterocycles. The van der Waals surface area contributed by atoms with Crippen molar-refractivity contribution in [2.75, 3.05) is 0 Å². The van der Waals surface area contributed by atoms with E-state index in [1.54, 1.807) is 6.20 Å². The Morgan fingerprint density at radius 2 is 2.50 bits per heavy atom. The Bertz CT molecular complexity index is 302. The van der Waals surface area contributed by atoms with Crippen LogP contribution >= 0.6 is 0 Å². The second-order valence-electron chi connectivity index (χ2n) is 3.00. The van der Waals surface area contributed by atoms with Gasteiger partial charge in [-0.05, 0) is 18.9 Å². The van der Waals surface area contributed by atoms with Gasteiger partial charge in [-0.2, -0.15) is 0 Å². The molecule has 0 atom stereocenters. The Morgan fingerprint density at radius 3 is 3.08 bits per heavy atom. The average molecular weight is 166 g/mol. The Morgan fingerprint density at radius 1 is 1.75 bits per heavy atom. The Labute approximate surface area is 70.1 Å². The number of carbonyl (C=O) groups is 1. The molecule has 0 radical (unpaired) electrons. The normalized spacial score (nSPS) is 16.1. The van der Waals surface area contributed by atoms with Gasteiger partial charge in [0, 0.05) is 12.8 Å². The van der Waals surface area contributed by atoms with Gasteiger partial charge in [0.15, 0.2) is 0 Å². The molecule has 1 aliphatic rings. The van der Waals surface area contributed by atoms with Crippen molar-refractivity contribution in [2.45, 2.75) is 25.7 Å². The van der Waals surface area contributed by atoms with Gasteiger partial charge in [-0.15, -0.1) is 5.10 Å². The van der Waals surface area contributed by atoms with E-state index in [1.807, 2.05) is 6.07 Å². The molecule has 1 saturated carbocycles. The third-order valence-electron chi connectivity index (χ3n) is 1.80. The van der Waals surface area contributed by atoms with E-state index in [1.165, 1.54) is 24.6 Å². The van der Waals surface area contributed by atoms with E-state index in [0.29, 0.717) is 5.92 Å². The largest absolute Gasteiger partial charge is 0.331 e. The van der Waals surface area contributed by atoms with Crippen molar-refractivity contribution in [3.05, 3.63) is 18.0 Å². The van der Waals surface area contributed by atoms with Gasteiger partial charge in [0.2, 0.25) is 0 Å². The van der Waals surface area contributed by atoms with Crippen LogP contribution in [-0.2, 0) is 4.79 Å². The minimum Gasteiger partial charge on any atom is -0.320 e. The zero-order valence-electron chi connectivity index (χ0n) is 6.86. The van der Waals surface area contributed by atoms with E-state index >= 15 is 0 Å². The van der Waals surface area contributed by atoms with Gasteiger partial charge in [-0.1, -0.05) is 4.85 Å². The molecule has 0 bridgehead atoms. The van der Waals surface area contributed by atoms with Gasteiger partial charge in [0.25, 0.3) is 0 Å². The lowest BCUT2D eigenvalue weighted by molar-refractivity contribution is -0.143. The fraction of sp³-hybridized carbons (Fsp3) is 0.500. The molecule has 0 spiro atoms. The van der Waals surface area contributed by atoms with Crippen LogP contribution < -0.4 is 4.84 Å². The Balaban J connectivity index is 2.07. The fourth-order valence-electron chi connectivity index (χ4n) is 1.10. The first-order valence-corrected chi connectivity index (χ1v) is 4.00. The molecule has 64 valence electrons. The van der Waals surface area contributed by atoms with Crippen molar-refractivity contribution < 1.29 is 9.63 Å². The SMILES string of the molecule is CC(=O)On1ccc(C2CC2)n1. The van der Waals surface area contributed by atoms with Crippen molar-refractivity contribution in [1.82, 2.24) is 9.94 Å². The highest BCUT2D eigenvalue weighted by molar-refractivity contribution is 5.66. The summed E-state index contributed by atoms with van der Waals surface area (Å²) in [5.74, 6) is 0.252. The smallest absolute Gasteiger partial charge is 0.320 e. The quantitative estimate of drug-likeness (QED) is 0.650.